The molecule has 0 radical (unpaired) electrons. The minimum atomic E-state index is -1.73. The van der Waals surface area contributed by atoms with Crippen LogP contribution in [0.2, 0.25) is 19.1 Å². The standard InChI is InChI=1S/C25H30N2O2Si/c1-25(17-26)15-14-20-22-23(29-24(28-22)18-10-6-4-7-11-18)21(27(20)25)16-30(2,3)19-12-8-5-9-13-19/h4-13,20-24H,14-16H2,1-3H3/t20-,21-,22+,23-,24+,25?/m1/s1. The van der Waals surface area contributed by atoms with Crippen molar-refractivity contribution in [3.05, 3.63) is 66.2 Å². The van der Waals surface area contributed by atoms with Crippen molar-refractivity contribution in [1.29, 1.82) is 5.26 Å². The van der Waals surface area contributed by atoms with Crippen molar-refractivity contribution in [1.82, 2.24) is 4.90 Å². The molecule has 2 aromatic carbocycles. The van der Waals surface area contributed by atoms with Crippen molar-refractivity contribution in [3.8, 4) is 6.07 Å². The zero-order valence-corrected chi connectivity index (χ0v) is 19.0. The van der Waals surface area contributed by atoms with Gasteiger partial charge in [-0.3, -0.25) is 4.90 Å². The number of nitrogens with zero attached hydrogens (tertiary/aromatic N) is 2. The molecular weight excluding hydrogens is 388 g/mol. The van der Waals surface area contributed by atoms with E-state index in [2.05, 4.69) is 73.5 Å². The molecule has 4 nitrogen and oxygen atoms in total. The molecule has 5 rings (SSSR count). The third kappa shape index (κ3) is 3.14. The molecule has 0 bridgehead atoms. The molecule has 3 aliphatic heterocycles. The minimum absolute atomic E-state index is 0.0173. The highest BCUT2D eigenvalue weighted by Crippen LogP contribution is 2.51. The highest BCUT2D eigenvalue weighted by Gasteiger charge is 2.63. The molecule has 3 aliphatic rings. The molecule has 3 saturated heterocycles. The fraction of sp³-hybridized carbons (Fsp3) is 0.480. The highest BCUT2D eigenvalue weighted by atomic mass is 28.3. The first kappa shape index (κ1) is 20.0. The van der Waals surface area contributed by atoms with E-state index >= 15 is 0 Å². The number of nitriles is 1. The molecule has 3 fully saturated rings. The lowest BCUT2D eigenvalue weighted by molar-refractivity contribution is -0.101. The molecule has 0 aliphatic carbocycles. The highest BCUT2D eigenvalue weighted by molar-refractivity contribution is 6.89. The molecule has 30 heavy (non-hydrogen) atoms. The quantitative estimate of drug-likeness (QED) is 0.698. The fourth-order valence-corrected chi connectivity index (χ4v) is 8.68. The van der Waals surface area contributed by atoms with Gasteiger partial charge in [-0.1, -0.05) is 78.9 Å². The molecule has 156 valence electrons. The van der Waals surface area contributed by atoms with E-state index in [-0.39, 0.29) is 30.6 Å². The first-order valence-electron chi connectivity index (χ1n) is 11.0. The van der Waals surface area contributed by atoms with E-state index < -0.39 is 13.6 Å². The first-order valence-corrected chi connectivity index (χ1v) is 14.2. The second-order valence-electron chi connectivity index (χ2n) is 9.86. The summed E-state index contributed by atoms with van der Waals surface area (Å²) < 4.78 is 13.1. The van der Waals surface area contributed by atoms with Gasteiger partial charge in [0.2, 0.25) is 0 Å². The lowest BCUT2D eigenvalue weighted by Crippen LogP contribution is -2.54. The van der Waals surface area contributed by atoms with Crippen molar-refractivity contribution >= 4 is 13.3 Å². The topological polar surface area (TPSA) is 45.5 Å². The van der Waals surface area contributed by atoms with Crippen LogP contribution in [0.4, 0.5) is 0 Å². The Labute approximate surface area is 180 Å². The predicted molar refractivity (Wildman–Crippen MR) is 120 cm³/mol. The summed E-state index contributed by atoms with van der Waals surface area (Å²) in [6.07, 6.45) is 1.65. The Morgan fingerprint density at radius 1 is 1.03 bits per heavy atom. The number of rotatable bonds is 4. The van der Waals surface area contributed by atoms with Gasteiger partial charge in [0, 0.05) is 17.6 Å². The van der Waals surface area contributed by atoms with Crippen LogP contribution in [0.15, 0.2) is 60.7 Å². The minimum Gasteiger partial charge on any atom is -0.341 e. The fourth-order valence-electron chi connectivity index (χ4n) is 5.87. The Balaban J connectivity index is 1.48. The van der Waals surface area contributed by atoms with Crippen LogP contribution in [-0.4, -0.2) is 42.8 Å². The molecule has 0 aromatic heterocycles. The first-order chi connectivity index (χ1) is 14.4. The Morgan fingerprint density at radius 3 is 2.33 bits per heavy atom. The number of fused-ring (bicyclic) bond motifs is 3. The van der Waals surface area contributed by atoms with Crippen LogP contribution in [0, 0.1) is 11.3 Å². The molecule has 5 heteroatoms. The van der Waals surface area contributed by atoms with Crippen molar-refractivity contribution in [2.45, 2.75) is 75.0 Å². The van der Waals surface area contributed by atoms with Crippen LogP contribution in [0.1, 0.15) is 31.6 Å². The predicted octanol–water partition coefficient (Wildman–Crippen LogP) is 4.21. The van der Waals surface area contributed by atoms with E-state index in [1.54, 1.807) is 0 Å². The number of ether oxygens (including phenoxy) is 2. The van der Waals surface area contributed by atoms with Gasteiger partial charge in [-0.25, -0.2) is 0 Å². The van der Waals surface area contributed by atoms with Crippen LogP contribution in [-0.2, 0) is 9.47 Å². The van der Waals surface area contributed by atoms with Gasteiger partial charge in [0.05, 0.1) is 14.1 Å². The molecule has 3 heterocycles. The lowest BCUT2D eigenvalue weighted by Gasteiger charge is -2.39. The average Bonchev–Trinajstić information content (AvgIpc) is 3.42. The van der Waals surface area contributed by atoms with Gasteiger partial charge in [-0.15, -0.1) is 0 Å². The van der Waals surface area contributed by atoms with Gasteiger partial charge in [-0.2, -0.15) is 5.26 Å². The van der Waals surface area contributed by atoms with Crippen LogP contribution in [0.25, 0.3) is 0 Å². The van der Waals surface area contributed by atoms with Crippen molar-refractivity contribution in [3.63, 3.8) is 0 Å². The van der Waals surface area contributed by atoms with Crippen molar-refractivity contribution < 1.29 is 9.47 Å². The van der Waals surface area contributed by atoms with Gasteiger partial charge in [0.25, 0.3) is 0 Å². The zero-order chi connectivity index (χ0) is 20.9. The summed E-state index contributed by atoms with van der Waals surface area (Å²) in [5.74, 6) is 0. The smallest absolute Gasteiger partial charge is 0.184 e. The molecule has 2 aromatic rings. The van der Waals surface area contributed by atoms with Gasteiger partial charge < -0.3 is 9.47 Å². The summed E-state index contributed by atoms with van der Waals surface area (Å²) in [6, 6.07) is 25.3. The van der Waals surface area contributed by atoms with Crippen LogP contribution in [0.3, 0.4) is 0 Å². The zero-order valence-electron chi connectivity index (χ0n) is 18.0. The van der Waals surface area contributed by atoms with E-state index in [9.17, 15) is 5.26 Å². The van der Waals surface area contributed by atoms with Crippen LogP contribution in [0.5, 0.6) is 0 Å². The Bertz CT molecular complexity index is 945. The molecule has 1 unspecified atom stereocenters. The summed E-state index contributed by atoms with van der Waals surface area (Å²) >= 11 is 0. The molecule has 6 atom stereocenters. The van der Waals surface area contributed by atoms with Crippen LogP contribution >= 0.6 is 0 Å². The third-order valence-electron chi connectivity index (χ3n) is 7.44. The summed E-state index contributed by atoms with van der Waals surface area (Å²) in [7, 11) is -1.73. The number of hydrogen-bond acceptors (Lipinski definition) is 4. The average molecular weight is 419 g/mol. The Morgan fingerprint density at radius 2 is 1.67 bits per heavy atom. The SMILES string of the molecule is CC1(C#N)CC[C@@H]2[C@@H]3O[C@H](c4ccccc4)O[C@@H]3[C@@H](C[Si](C)(C)c3ccccc3)N21. The number of benzene rings is 2. The third-order valence-corrected chi connectivity index (χ3v) is 10.8. The van der Waals surface area contributed by atoms with Gasteiger partial charge in [0.1, 0.15) is 17.7 Å². The van der Waals surface area contributed by atoms with Crippen molar-refractivity contribution in [2.75, 3.05) is 0 Å². The number of hydrogen-bond donors (Lipinski definition) is 0. The van der Waals surface area contributed by atoms with E-state index in [4.69, 9.17) is 9.47 Å². The molecular formula is C25H30N2O2Si. The second kappa shape index (κ2) is 7.32. The molecule has 0 saturated carbocycles. The normalized spacial score (nSPS) is 35.7. The maximum Gasteiger partial charge on any atom is 0.184 e. The maximum atomic E-state index is 10.0. The van der Waals surface area contributed by atoms with Crippen LogP contribution < -0.4 is 5.19 Å². The summed E-state index contributed by atoms with van der Waals surface area (Å²) in [5, 5.41) is 11.5. The van der Waals surface area contributed by atoms with Crippen molar-refractivity contribution in [2.24, 2.45) is 0 Å². The molecule has 0 amide bonds. The monoisotopic (exact) mass is 418 g/mol. The maximum absolute atomic E-state index is 10.0. The van der Waals surface area contributed by atoms with Gasteiger partial charge in [0.15, 0.2) is 6.29 Å². The van der Waals surface area contributed by atoms with E-state index in [1.807, 2.05) is 18.2 Å². The summed E-state index contributed by atoms with van der Waals surface area (Å²) in [6.45, 7) is 6.98. The lowest BCUT2D eigenvalue weighted by atomic mass is 9.97. The van der Waals surface area contributed by atoms with E-state index in [1.165, 1.54) is 5.19 Å². The second-order valence-corrected chi connectivity index (χ2v) is 14.6. The van der Waals surface area contributed by atoms with Gasteiger partial charge >= 0.3 is 0 Å². The van der Waals surface area contributed by atoms with E-state index in [0.717, 1.165) is 24.4 Å². The molecule has 0 N–H and O–H groups in total. The summed E-state index contributed by atoms with van der Waals surface area (Å²) in [4.78, 5) is 2.47. The molecule has 0 spiro atoms. The van der Waals surface area contributed by atoms with E-state index in [0.29, 0.717) is 0 Å². The Kier molecular flexibility index (Phi) is 4.87. The largest absolute Gasteiger partial charge is 0.341 e. The van der Waals surface area contributed by atoms with Gasteiger partial charge in [-0.05, 0) is 25.8 Å². The Hall–Kier alpha value is -1.97. The summed E-state index contributed by atoms with van der Waals surface area (Å²) in [5.41, 5.74) is 0.647.